The maximum Gasteiger partial charge on any atom is 0.416 e. The number of hydrogen-bond donors (Lipinski definition) is 2. The highest BCUT2D eigenvalue weighted by molar-refractivity contribution is 6.33. The quantitative estimate of drug-likeness (QED) is 0.333. The minimum Gasteiger partial charge on any atom is -0.505 e. The van der Waals surface area contributed by atoms with E-state index < -0.39 is 34.5 Å². The predicted molar refractivity (Wildman–Crippen MR) is 158 cm³/mol. The number of anilines is 1. The molecule has 1 spiro atoms. The van der Waals surface area contributed by atoms with Crippen LogP contribution < -0.4 is 10.9 Å². The van der Waals surface area contributed by atoms with Crippen molar-refractivity contribution in [2.75, 3.05) is 31.6 Å². The number of pyridine rings is 1. The molecule has 3 aromatic heterocycles. The predicted octanol–water partition coefficient (Wildman–Crippen LogP) is 3.45. The molecule has 0 saturated carbocycles. The molecule has 2 amide bonds. The van der Waals surface area contributed by atoms with Crippen LogP contribution in [0.4, 0.5) is 18.9 Å². The first-order valence-electron chi connectivity index (χ1n) is 14.4. The van der Waals surface area contributed by atoms with Crippen LogP contribution in [0.2, 0.25) is 5.02 Å². The van der Waals surface area contributed by atoms with Crippen LogP contribution in [0.5, 0.6) is 5.75 Å². The van der Waals surface area contributed by atoms with Gasteiger partial charge in [-0.15, -0.1) is 5.10 Å². The molecule has 2 N–H and O–H groups in total. The Morgan fingerprint density at radius 3 is 2.67 bits per heavy atom. The number of likely N-dealkylation sites (tertiary alicyclic amines) is 1. The largest absolute Gasteiger partial charge is 0.505 e. The third-order valence-corrected chi connectivity index (χ3v) is 8.92. The Balaban J connectivity index is 1.25. The maximum atomic E-state index is 14.0. The Morgan fingerprint density at radius 2 is 1.98 bits per heavy atom. The van der Waals surface area contributed by atoms with Gasteiger partial charge in [0.15, 0.2) is 11.5 Å². The van der Waals surface area contributed by atoms with Crippen molar-refractivity contribution in [1.82, 2.24) is 29.0 Å². The fraction of sp³-hybridized carbons (Fsp3) is 0.333. The van der Waals surface area contributed by atoms with E-state index in [2.05, 4.69) is 20.4 Å². The minimum absolute atomic E-state index is 0.00899. The average Bonchev–Trinajstić information content (AvgIpc) is 3.63. The van der Waals surface area contributed by atoms with E-state index in [-0.39, 0.29) is 47.6 Å². The number of carbonyl (C=O) groups excluding carboxylic acids is 2. The standard InChI is InChI=1S/C30H25ClF3N7O5/c31-18-12-17(30(32,33)34)3-4-19(18)36-22(43)13-40-20-5-8-29(14-39(15-29)27(45)24-21(42)2-1-9-35-24)23(20)26(44)41-28(40)37-25(38-41)16-6-10-46-11-7-16/h1-4,6,9,12,42H,5,7-8,10-11,13-15H2,(H,36,43). The number of nitrogens with zero attached hydrogens (tertiary/aromatic N) is 6. The summed E-state index contributed by atoms with van der Waals surface area (Å²) < 4.78 is 47.5. The zero-order valence-corrected chi connectivity index (χ0v) is 24.7. The van der Waals surface area contributed by atoms with Crippen molar-refractivity contribution in [2.45, 2.75) is 37.4 Å². The number of aromatic hydroxyl groups is 1. The molecule has 7 rings (SSSR count). The molecule has 3 aliphatic rings. The highest BCUT2D eigenvalue weighted by Gasteiger charge is 2.53. The smallest absolute Gasteiger partial charge is 0.416 e. The Morgan fingerprint density at radius 1 is 1.17 bits per heavy atom. The number of fused-ring (bicyclic) bond motifs is 3. The molecule has 0 unspecified atom stereocenters. The summed E-state index contributed by atoms with van der Waals surface area (Å²) in [6.07, 6.45) is 0.0512. The zero-order valence-electron chi connectivity index (χ0n) is 24.0. The summed E-state index contributed by atoms with van der Waals surface area (Å²) >= 11 is 6.08. The molecule has 16 heteroatoms. The van der Waals surface area contributed by atoms with Crippen LogP contribution in [0, 0.1) is 0 Å². The monoisotopic (exact) mass is 655 g/mol. The van der Waals surface area contributed by atoms with Crippen molar-refractivity contribution in [3.05, 3.63) is 86.3 Å². The average molecular weight is 656 g/mol. The van der Waals surface area contributed by atoms with Gasteiger partial charge in [0.05, 0.1) is 29.5 Å². The van der Waals surface area contributed by atoms with Crippen LogP contribution in [-0.2, 0) is 34.1 Å². The van der Waals surface area contributed by atoms with Gasteiger partial charge in [0.2, 0.25) is 11.7 Å². The van der Waals surface area contributed by atoms with Crippen LogP contribution >= 0.6 is 11.6 Å². The second-order valence-corrected chi connectivity index (χ2v) is 11.9. The molecule has 1 fully saturated rings. The summed E-state index contributed by atoms with van der Waals surface area (Å²) in [6.45, 7) is 0.849. The van der Waals surface area contributed by atoms with Gasteiger partial charge in [0, 0.05) is 36.0 Å². The topological polar surface area (TPSA) is 144 Å². The lowest BCUT2D eigenvalue weighted by molar-refractivity contribution is -0.137. The summed E-state index contributed by atoms with van der Waals surface area (Å²) in [5.74, 6) is -0.889. The second-order valence-electron chi connectivity index (χ2n) is 11.5. The first-order chi connectivity index (χ1) is 21.9. The highest BCUT2D eigenvalue weighted by atomic mass is 35.5. The molecule has 2 aliphatic heterocycles. The van der Waals surface area contributed by atoms with E-state index in [0.29, 0.717) is 49.6 Å². The van der Waals surface area contributed by atoms with Gasteiger partial charge in [-0.2, -0.15) is 22.7 Å². The lowest BCUT2D eigenvalue weighted by Gasteiger charge is -2.48. The summed E-state index contributed by atoms with van der Waals surface area (Å²) in [7, 11) is 0. The van der Waals surface area contributed by atoms with Crippen LogP contribution in [0.25, 0.3) is 11.4 Å². The highest BCUT2D eigenvalue weighted by Crippen LogP contribution is 2.45. The lowest BCUT2D eigenvalue weighted by Crippen LogP contribution is -2.62. The maximum absolute atomic E-state index is 14.0. The van der Waals surface area contributed by atoms with Gasteiger partial charge in [-0.1, -0.05) is 17.7 Å². The number of aromatic nitrogens is 5. The third-order valence-electron chi connectivity index (χ3n) is 8.61. The van der Waals surface area contributed by atoms with Crippen molar-refractivity contribution < 1.29 is 32.6 Å². The molecule has 1 aromatic carbocycles. The molecule has 46 heavy (non-hydrogen) atoms. The first-order valence-corrected chi connectivity index (χ1v) is 14.7. The van der Waals surface area contributed by atoms with Gasteiger partial charge in [-0.05, 0) is 55.2 Å². The molecule has 0 atom stereocenters. The van der Waals surface area contributed by atoms with E-state index in [0.717, 1.165) is 28.3 Å². The molecule has 0 bridgehead atoms. The molecule has 4 aromatic rings. The molecule has 0 radical (unpaired) electrons. The summed E-state index contributed by atoms with van der Waals surface area (Å²) in [5, 5.41) is 16.9. The van der Waals surface area contributed by atoms with E-state index in [1.807, 2.05) is 6.08 Å². The van der Waals surface area contributed by atoms with E-state index in [9.17, 15) is 32.7 Å². The van der Waals surface area contributed by atoms with Crippen molar-refractivity contribution in [2.24, 2.45) is 0 Å². The van der Waals surface area contributed by atoms with E-state index in [4.69, 9.17) is 16.3 Å². The van der Waals surface area contributed by atoms with Gasteiger partial charge >= 0.3 is 6.18 Å². The summed E-state index contributed by atoms with van der Waals surface area (Å²) in [4.78, 5) is 50.7. The number of nitrogens with one attached hydrogen (secondary N) is 1. The van der Waals surface area contributed by atoms with Crippen molar-refractivity contribution in [3.8, 4) is 5.75 Å². The number of alkyl halides is 3. The number of amides is 2. The van der Waals surface area contributed by atoms with Crippen LogP contribution in [0.15, 0.2) is 47.4 Å². The normalized spacial score (nSPS) is 17.1. The Kier molecular flexibility index (Phi) is 7.12. The number of carbonyl (C=O) groups is 2. The summed E-state index contributed by atoms with van der Waals surface area (Å²) in [5.41, 5.74) is -0.439. The molecule has 1 saturated heterocycles. The fourth-order valence-electron chi connectivity index (χ4n) is 6.39. The van der Waals surface area contributed by atoms with Gasteiger partial charge < -0.3 is 24.6 Å². The minimum atomic E-state index is -4.60. The van der Waals surface area contributed by atoms with Gasteiger partial charge in [-0.3, -0.25) is 14.4 Å². The molecular formula is C30H25ClF3N7O5. The second kappa shape index (κ2) is 10.9. The number of hydrogen-bond acceptors (Lipinski definition) is 8. The SMILES string of the molecule is O=C(Cn1c2c(c(=O)n3nc(C4=CCOCC4)nc13)C1(CC2)CN(C(=O)c2ncccc2O)C1)Nc1ccc(C(F)(F)F)cc1Cl. The van der Waals surface area contributed by atoms with Crippen molar-refractivity contribution in [1.29, 1.82) is 0 Å². The zero-order chi connectivity index (χ0) is 32.4. The van der Waals surface area contributed by atoms with Crippen LogP contribution in [-0.4, -0.2) is 72.3 Å². The molecular weight excluding hydrogens is 631 g/mol. The molecule has 5 heterocycles. The van der Waals surface area contributed by atoms with Crippen LogP contribution in [0.3, 0.4) is 0 Å². The lowest BCUT2D eigenvalue weighted by atomic mass is 9.75. The number of benzene rings is 1. The number of halogens is 4. The van der Waals surface area contributed by atoms with Gasteiger partial charge in [0.1, 0.15) is 12.3 Å². The first kappa shape index (κ1) is 29.9. The summed E-state index contributed by atoms with van der Waals surface area (Å²) in [6, 6.07) is 5.51. The molecule has 12 nitrogen and oxygen atoms in total. The Bertz CT molecular complexity index is 2020. The van der Waals surface area contributed by atoms with Gasteiger partial charge in [-0.25, -0.2) is 4.98 Å². The third kappa shape index (κ3) is 4.99. The van der Waals surface area contributed by atoms with Crippen LogP contribution in [0.1, 0.15) is 46.0 Å². The number of ether oxygens (including phenoxy) is 1. The Hall–Kier alpha value is -4.76. The van der Waals surface area contributed by atoms with Crippen molar-refractivity contribution in [3.63, 3.8) is 0 Å². The number of rotatable bonds is 5. The fourth-order valence-corrected chi connectivity index (χ4v) is 6.62. The van der Waals surface area contributed by atoms with Gasteiger partial charge in [0.25, 0.3) is 11.5 Å². The molecule has 1 aliphatic carbocycles. The molecule has 238 valence electrons. The van der Waals surface area contributed by atoms with E-state index in [1.54, 1.807) is 4.57 Å². The van der Waals surface area contributed by atoms with E-state index in [1.165, 1.54) is 23.2 Å². The van der Waals surface area contributed by atoms with Crippen molar-refractivity contribution >= 4 is 40.5 Å². The Labute approximate surface area is 263 Å². The van der Waals surface area contributed by atoms with E-state index >= 15 is 0 Å².